The Bertz CT molecular complexity index is 1470. The van der Waals surface area contributed by atoms with E-state index in [9.17, 15) is 15.2 Å². The molecule has 0 saturated heterocycles. The Hall–Kier alpha value is -4.00. The van der Waals surface area contributed by atoms with E-state index < -0.39 is 12.6 Å². The number of aromatic nitrogens is 3. The number of aliphatic hydroxyl groups is 1. The highest BCUT2D eigenvalue weighted by atomic mass is 32.1. The molecule has 0 bridgehead atoms. The largest absolute Gasteiger partial charge is 0.507 e. The lowest BCUT2D eigenvalue weighted by molar-refractivity contribution is 0.0508. The van der Waals surface area contributed by atoms with Gasteiger partial charge in [0.1, 0.15) is 28.1 Å². The van der Waals surface area contributed by atoms with Crippen LogP contribution in [0.15, 0.2) is 66.4 Å². The third kappa shape index (κ3) is 3.73. The summed E-state index contributed by atoms with van der Waals surface area (Å²) in [4.78, 5) is 25.6. The number of aliphatic hydroxyl groups excluding tert-OH is 1. The number of nitrogens with one attached hydrogen (secondary N) is 1. The molecule has 32 heavy (non-hydrogen) atoms. The second kappa shape index (κ2) is 8.26. The first-order valence-electron chi connectivity index (χ1n) is 9.52. The molecule has 0 aliphatic rings. The number of benzene rings is 2. The quantitative estimate of drug-likeness (QED) is 0.203. The van der Waals surface area contributed by atoms with Crippen molar-refractivity contribution in [3.05, 3.63) is 77.1 Å². The minimum atomic E-state index is -0.587. The van der Waals surface area contributed by atoms with Gasteiger partial charge in [-0.3, -0.25) is 0 Å². The van der Waals surface area contributed by atoms with Gasteiger partial charge in [0.2, 0.25) is 0 Å². The number of nitrogens with zero attached hydrogens (tertiary/aromatic N) is 3. The van der Waals surface area contributed by atoms with E-state index in [1.807, 2.05) is 54.6 Å². The number of para-hydroxylation sites is 3. The van der Waals surface area contributed by atoms with E-state index in [1.54, 1.807) is 23.5 Å². The average Bonchev–Trinajstić information content (AvgIpc) is 3.55. The summed E-state index contributed by atoms with van der Waals surface area (Å²) in [7, 11) is 0. The molecule has 0 atom stereocenters. The zero-order chi connectivity index (χ0) is 22.1. The summed E-state index contributed by atoms with van der Waals surface area (Å²) < 4.78 is 6.30. The molecule has 0 unspecified atom stereocenters. The van der Waals surface area contributed by atoms with Gasteiger partial charge < -0.3 is 14.8 Å². The number of thiazole rings is 1. The van der Waals surface area contributed by atoms with Gasteiger partial charge >= 0.3 is 5.97 Å². The Balaban J connectivity index is 1.32. The number of fused-ring (bicyclic) bond motifs is 2. The second-order valence-electron chi connectivity index (χ2n) is 6.76. The zero-order valence-corrected chi connectivity index (χ0v) is 18.0. The molecule has 3 heterocycles. The molecule has 0 aliphatic carbocycles. The van der Waals surface area contributed by atoms with Crippen molar-refractivity contribution in [2.24, 2.45) is 0 Å². The van der Waals surface area contributed by atoms with Gasteiger partial charge in [-0.15, -0.1) is 22.7 Å². The van der Waals surface area contributed by atoms with Crippen LogP contribution in [-0.2, 0) is 4.74 Å². The van der Waals surface area contributed by atoms with Crippen molar-refractivity contribution < 1.29 is 14.6 Å². The van der Waals surface area contributed by atoms with Crippen LogP contribution >= 0.6 is 22.7 Å². The molecular formula is C23H14N4O3S2. The number of imidazole rings is 1. The fourth-order valence-electron chi connectivity index (χ4n) is 3.14. The highest BCUT2D eigenvalue weighted by Crippen LogP contribution is 2.34. The summed E-state index contributed by atoms with van der Waals surface area (Å²) in [5.41, 5.74) is 2.24. The monoisotopic (exact) mass is 458 g/mol. The number of carbonyl (C=O) groups excluding carboxylic acids is 1. The third-order valence-corrected chi connectivity index (χ3v) is 6.95. The Morgan fingerprint density at radius 3 is 2.59 bits per heavy atom. The number of aromatic amines is 1. The van der Waals surface area contributed by atoms with Crippen molar-refractivity contribution in [2.45, 2.75) is 0 Å². The van der Waals surface area contributed by atoms with Crippen molar-refractivity contribution in [1.29, 1.82) is 5.26 Å². The Morgan fingerprint density at radius 2 is 1.81 bits per heavy atom. The molecule has 2 N–H and O–H groups in total. The molecule has 2 aromatic carbocycles. The maximum atomic E-state index is 12.5. The molecule has 0 fully saturated rings. The molecule has 156 valence electrons. The van der Waals surface area contributed by atoms with Crippen molar-refractivity contribution in [2.75, 3.05) is 6.61 Å². The van der Waals surface area contributed by atoms with Gasteiger partial charge in [0.05, 0.1) is 26.1 Å². The van der Waals surface area contributed by atoms with E-state index in [0.29, 0.717) is 10.4 Å². The number of esters is 1. The summed E-state index contributed by atoms with van der Waals surface area (Å²) in [5, 5.41) is 20.7. The van der Waals surface area contributed by atoms with Gasteiger partial charge in [-0.05, 0) is 36.4 Å². The lowest BCUT2D eigenvalue weighted by atomic mass is 10.2. The van der Waals surface area contributed by atoms with Crippen LogP contribution in [0.5, 0.6) is 0 Å². The average molecular weight is 459 g/mol. The first-order valence-corrected chi connectivity index (χ1v) is 11.2. The van der Waals surface area contributed by atoms with E-state index in [1.165, 1.54) is 11.3 Å². The summed E-state index contributed by atoms with van der Waals surface area (Å²) >= 11 is 2.82. The molecule has 0 aliphatic heterocycles. The molecule has 0 spiro atoms. The summed E-state index contributed by atoms with van der Waals surface area (Å²) in [5.74, 6) is -0.741. The van der Waals surface area contributed by atoms with Crippen LogP contribution in [0.2, 0.25) is 0 Å². The van der Waals surface area contributed by atoms with Gasteiger partial charge in [0, 0.05) is 0 Å². The minimum absolute atomic E-state index is 0.0738. The smallest absolute Gasteiger partial charge is 0.348 e. The number of carbonyl (C=O) groups is 1. The molecule has 3 aromatic heterocycles. The van der Waals surface area contributed by atoms with E-state index in [-0.39, 0.29) is 17.2 Å². The normalized spacial score (nSPS) is 12.0. The van der Waals surface area contributed by atoms with E-state index in [2.05, 4.69) is 15.0 Å². The lowest BCUT2D eigenvalue weighted by Gasteiger charge is -2.04. The number of thiophene rings is 1. The summed E-state index contributed by atoms with van der Waals surface area (Å²) in [6, 6.07) is 20.5. The Morgan fingerprint density at radius 1 is 1.03 bits per heavy atom. The number of hydrogen-bond acceptors (Lipinski definition) is 8. The number of ether oxygens (including phenoxy) is 1. The predicted octanol–water partition coefficient (Wildman–Crippen LogP) is 5.55. The first kappa shape index (κ1) is 19.9. The van der Waals surface area contributed by atoms with Crippen molar-refractivity contribution >= 4 is 55.5 Å². The SMILES string of the molecule is N#C/C(=C(/O)COC(=O)c1ccc(-c2nc3ccccc3s2)s1)c1nc2ccccc2[nH]1. The van der Waals surface area contributed by atoms with Gasteiger partial charge in [0.15, 0.2) is 11.6 Å². The molecule has 5 rings (SSSR count). The Labute approximate surface area is 189 Å². The maximum Gasteiger partial charge on any atom is 0.348 e. The number of hydrogen-bond donors (Lipinski definition) is 2. The first-order chi connectivity index (χ1) is 15.6. The number of nitriles is 1. The summed E-state index contributed by atoms with van der Waals surface area (Å²) in [6.07, 6.45) is 0. The van der Waals surface area contributed by atoms with Gasteiger partial charge in [-0.2, -0.15) is 5.26 Å². The fourth-order valence-corrected chi connectivity index (χ4v) is 5.06. The van der Waals surface area contributed by atoms with Crippen LogP contribution in [0.4, 0.5) is 0 Å². The van der Waals surface area contributed by atoms with Crippen LogP contribution in [-0.4, -0.2) is 32.6 Å². The van der Waals surface area contributed by atoms with Crippen LogP contribution in [0.3, 0.4) is 0 Å². The molecule has 0 amide bonds. The number of rotatable bonds is 5. The molecule has 5 aromatic rings. The highest BCUT2D eigenvalue weighted by Gasteiger charge is 2.18. The van der Waals surface area contributed by atoms with Crippen molar-refractivity contribution in [3.8, 4) is 16.0 Å². The van der Waals surface area contributed by atoms with Gasteiger partial charge in [0.25, 0.3) is 0 Å². The molecule has 0 saturated carbocycles. The van der Waals surface area contributed by atoms with Crippen LogP contribution in [0.1, 0.15) is 15.5 Å². The van der Waals surface area contributed by atoms with Crippen molar-refractivity contribution in [3.63, 3.8) is 0 Å². The molecular weight excluding hydrogens is 444 g/mol. The highest BCUT2D eigenvalue weighted by molar-refractivity contribution is 7.26. The van der Waals surface area contributed by atoms with E-state index in [0.717, 1.165) is 25.6 Å². The fraction of sp³-hybridized carbons (Fsp3) is 0.0435. The Kier molecular flexibility index (Phi) is 5.15. The van der Waals surface area contributed by atoms with Crippen LogP contribution < -0.4 is 0 Å². The lowest BCUT2D eigenvalue weighted by Crippen LogP contribution is -2.08. The standard InChI is InChI=1S/C23H14N4O3S2/c24-11-13(21-25-14-5-1-2-6-15(14)26-21)17(28)12-30-23(29)20-10-9-19(31-20)22-27-16-7-3-4-8-18(16)32-22/h1-10,28H,12H2,(H,25,26)/b17-13-. The van der Waals surface area contributed by atoms with Gasteiger partial charge in [-0.25, -0.2) is 14.8 Å². The second-order valence-corrected chi connectivity index (χ2v) is 8.88. The van der Waals surface area contributed by atoms with Gasteiger partial charge in [-0.1, -0.05) is 24.3 Å². The zero-order valence-electron chi connectivity index (χ0n) is 16.4. The van der Waals surface area contributed by atoms with E-state index in [4.69, 9.17) is 4.74 Å². The van der Waals surface area contributed by atoms with Crippen molar-refractivity contribution in [1.82, 2.24) is 15.0 Å². The minimum Gasteiger partial charge on any atom is -0.507 e. The van der Waals surface area contributed by atoms with E-state index >= 15 is 0 Å². The predicted molar refractivity (Wildman–Crippen MR) is 124 cm³/mol. The summed E-state index contributed by atoms with van der Waals surface area (Å²) in [6.45, 7) is -0.437. The number of allylic oxidation sites excluding steroid dienone is 1. The number of H-pyrrole nitrogens is 1. The topological polar surface area (TPSA) is 112 Å². The molecule has 0 radical (unpaired) electrons. The van der Waals surface area contributed by atoms with Crippen LogP contribution in [0.25, 0.3) is 36.7 Å². The molecule has 7 nitrogen and oxygen atoms in total. The van der Waals surface area contributed by atoms with Crippen LogP contribution in [0, 0.1) is 11.3 Å². The third-order valence-electron chi connectivity index (χ3n) is 4.68. The maximum absolute atomic E-state index is 12.5. The molecule has 9 heteroatoms.